The highest BCUT2D eigenvalue weighted by molar-refractivity contribution is 6.39. The molecule has 0 radical (unpaired) electrons. The highest BCUT2D eigenvalue weighted by atomic mass is 16.6. The van der Waals surface area contributed by atoms with E-state index < -0.39 is 96.2 Å². The van der Waals surface area contributed by atoms with Crippen molar-refractivity contribution in [1.82, 2.24) is 4.90 Å². The number of hydrogen-bond donors (Lipinski definition) is 6. The van der Waals surface area contributed by atoms with Crippen LogP contribution in [-0.2, 0) is 33.4 Å². The highest BCUT2D eigenvalue weighted by Gasteiger charge is 2.53. The topological polar surface area (TPSA) is 228 Å². The largest absolute Gasteiger partial charge is 0.460 e. The minimum absolute atomic E-state index is 0.0213. The lowest BCUT2D eigenvalue weighted by Crippen LogP contribution is -2.61. The van der Waals surface area contributed by atoms with E-state index in [1.54, 1.807) is 52.8 Å². The first-order chi connectivity index (χ1) is 30.2. The lowest BCUT2D eigenvalue weighted by Gasteiger charge is -2.42. The van der Waals surface area contributed by atoms with Gasteiger partial charge in [0.25, 0.3) is 11.7 Å². The number of rotatable bonds is 5. The first-order valence-corrected chi connectivity index (χ1v) is 24.0. The van der Waals surface area contributed by atoms with E-state index in [4.69, 9.17) is 9.47 Å². The molecule has 2 unspecified atom stereocenters. The Kier molecular flexibility index (Phi) is 20.6. The van der Waals surface area contributed by atoms with Crippen LogP contribution in [0.4, 0.5) is 0 Å². The number of hydrogen-bond acceptors (Lipinski definition) is 13. The Morgan fingerprint density at radius 2 is 1.55 bits per heavy atom. The van der Waals surface area contributed by atoms with Crippen LogP contribution in [-0.4, -0.2) is 127 Å². The van der Waals surface area contributed by atoms with Gasteiger partial charge in [-0.1, -0.05) is 71.9 Å². The number of carbonyl (C=O) groups is 5. The lowest BCUT2D eigenvalue weighted by atomic mass is 9.75. The van der Waals surface area contributed by atoms with Gasteiger partial charge in [-0.2, -0.15) is 0 Å². The summed E-state index contributed by atoms with van der Waals surface area (Å²) in [5, 5.41) is 65.0. The van der Waals surface area contributed by atoms with Crippen molar-refractivity contribution in [3.8, 4) is 0 Å². The zero-order valence-corrected chi connectivity index (χ0v) is 39.3. The van der Waals surface area contributed by atoms with Gasteiger partial charge in [0.15, 0.2) is 0 Å². The average Bonchev–Trinajstić information content (AvgIpc) is 3.26. The fourth-order valence-corrected chi connectivity index (χ4v) is 10.4. The van der Waals surface area contributed by atoms with E-state index in [2.05, 4.69) is 0 Å². The Morgan fingerprint density at radius 1 is 0.828 bits per heavy atom. The molecule has 2 bridgehead atoms. The predicted molar refractivity (Wildman–Crippen MR) is 240 cm³/mol. The number of allylic oxidation sites excluding steroid dienone is 5. The van der Waals surface area contributed by atoms with Gasteiger partial charge in [0, 0.05) is 49.7 Å². The Morgan fingerprint density at radius 3 is 2.23 bits per heavy atom. The van der Waals surface area contributed by atoms with Gasteiger partial charge in [-0.25, -0.2) is 4.79 Å². The molecule has 4 rings (SSSR count). The number of carbonyl (C=O) groups excluding carboxylic acids is 5. The summed E-state index contributed by atoms with van der Waals surface area (Å²) in [7, 11) is 0. The molecule has 0 aromatic carbocycles. The summed E-state index contributed by atoms with van der Waals surface area (Å²) in [5.41, 5.74) is 0.613. The van der Waals surface area contributed by atoms with E-state index in [1.165, 1.54) is 0 Å². The van der Waals surface area contributed by atoms with Gasteiger partial charge >= 0.3 is 5.97 Å². The Balaban J connectivity index is 1.66. The van der Waals surface area contributed by atoms with Crippen LogP contribution in [0, 0.1) is 53.3 Å². The number of aliphatic hydroxyl groups is 6. The minimum atomic E-state index is -2.49. The first kappa shape index (κ1) is 53.5. The second-order valence-corrected chi connectivity index (χ2v) is 20.1. The van der Waals surface area contributed by atoms with Crippen LogP contribution >= 0.6 is 0 Å². The first-order valence-electron chi connectivity index (χ1n) is 24.0. The van der Waals surface area contributed by atoms with E-state index in [1.807, 2.05) is 26.0 Å². The third kappa shape index (κ3) is 14.0. The molecule has 64 heavy (non-hydrogen) atoms. The van der Waals surface area contributed by atoms with Crippen LogP contribution in [0.15, 0.2) is 36.0 Å². The summed E-state index contributed by atoms with van der Waals surface area (Å²) < 4.78 is 12.2. The van der Waals surface area contributed by atoms with Gasteiger partial charge in [-0.05, 0) is 107 Å². The monoisotopic (exact) mass is 902 g/mol. The number of nitrogens with zero attached hydrogens (tertiary/aromatic N) is 1. The fraction of sp³-hybridized carbons (Fsp3) is 0.780. The minimum Gasteiger partial charge on any atom is -0.460 e. The molecule has 362 valence electrons. The standard InChI is InChI=1S/C50H79NO13/c1-29-13-9-8-10-14-30(2)42(55)25-38-18-16-35(7)50(62,64-38)47(59)48(60)51-20-12-11-15-40(51)49(61)63-44(32(4)23-36-17-19-41(54)37(24-36)27-52)26-43(56)31(3)22-34(6)46(58)39(28-53)45(57)33(5)21-29/h8-10,13-14,29,31-42,44,46,52-55,58,62H,11-12,15-28H2,1-7H3/t29-,31-,32-,33-,34?,35-,36+,37+,38+,39+,40+,41-,42?,44+,46-,50-/m1/s1. The van der Waals surface area contributed by atoms with Crippen LogP contribution in [0.3, 0.4) is 0 Å². The third-order valence-electron chi connectivity index (χ3n) is 14.9. The molecule has 6 N–H and O–H groups in total. The van der Waals surface area contributed by atoms with E-state index in [-0.39, 0.29) is 74.1 Å². The normalized spacial score (nSPS) is 39.5. The van der Waals surface area contributed by atoms with Crippen LogP contribution < -0.4 is 0 Å². The van der Waals surface area contributed by atoms with Crippen molar-refractivity contribution in [2.24, 2.45) is 53.3 Å². The zero-order valence-electron chi connectivity index (χ0n) is 39.3. The van der Waals surface area contributed by atoms with Crippen molar-refractivity contribution >= 4 is 29.2 Å². The molecular weight excluding hydrogens is 823 g/mol. The number of aliphatic hydroxyl groups excluding tert-OH is 5. The number of piperidine rings is 1. The number of amides is 1. The molecule has 14 heteroatoms. The van der Waals surface area contributed by atoms with Crippen molar-refractivity contribution in [2.45, 2.75) is 174 Å². The predicted octanol–water partition coefficient (Wildman–Crippen LogP) is 4.79. The van der Waals surface area contributed by atoms with Crippen molar-refractivity contribution in [1.29, 1.82) is 0 Å². The molecule has 1 amide bonds. The average molecular weight is 902 g/mol. The number of cyclic esters (lactones) is 1. The van der Waals surface area contributed by atoms with Gasteiger partial charge < -0.3 is 45.0 Å². The third-order valence-corrected chi connectivity index (χ3v) is 14.9. The van der Waals surface area contributed by atoms with E-state index >= 15 is 0 Å². The Bertz CT molecular complexity index is 1680. The molecule has 3 heterocycles. The van der Waals surface area contributed by atoms with Gasteiger partial charge in [0.05, 0.1) is 36.9 Å². The molecular formula is C50H79NO13. The number of fused-ring (bicyclic) bond motifs is 3. The zero-order chi connectivity index (χ0) is 47.5. The van der Waals surface area contributed by atoms with Crippen molar-refractivity contribution in [3.63, 3.8) is 0 Å². The highest BCUT2D eigenvalue weighted by Crippen LogP contribution is 2.38. The maximum absolute atomic E-state index is 14.3. The molecule has 1 aliphatic carbocycles. The molecule has 3 aliphatic heterocycles. The Labute approximate surface area is 380 Å². The Hall–Kier alpha value is -3.11. The second kappa shape index (κ2) is 24.6. The van der Waals surface area contributed by atoms with Gasteiger partial charge in [0.2, 0.25) is 5.79 Å². The summed E-state index contributed by atoms with van der Waals surface area (Å²) >= 11 is 0. The quantitative estimate of drug-likeness (QED) is 0.161. The molecule has 2 saturated heterocycles. The maximum atomic E-state index is 14.3. The van der Waals surface area contributed by atoms with E-state index in [9.17, 15) is 54.6 Å². The number of ether oxygens (including phenoxy) is 2. The SMILES string of the molecule is CC1=CC=CC=C[C@@H](C)C[C@@H](C)C(=O)[C@H](CO)[C@H](O)C(C)C[C@@H](C)C(=O)C[C@@H]([C@H](C)C[C@@H]2CC[C@@H](O)[C@H](CO)C2)OC(=O)[C@@H]2CCCCN2C(=O)C(=O)[C@]2(O)O[C@@H](CC[C@H]2C)CC1O. The molecule has 1 saturated carbocycles. The second-order valence-electron chi connectivity index (χ2n) is 20.1. The summed E-state index contributed by atoms with van der Waals surface area (Å²) in [6.07, 6.45) is 9.44. The molecule has 0 aromatic rings. The molecule has 0 aromatic heterocycles. The maximum Gasteiger partial charge on any atom is 0.329 e. The molecule has 0 spiro atoms. The summed E-state index contributed by atoms with van der Waals surface area (Å²) in [5.74, 6) is -10.1. The van der Waals surface area contributed by atoms with Crippen LogP contribution in [0.2, 0.25) is 0 Å². The van der Waals surface area contributed by atoms with Crippen LogP contribution in [0.5, 0.6) is 0 Å². The van der Waals surface area contributed by atoms with Crippen LogP contribution in [0.1, 0.15) is 132 Å². The van der Waals surface area contributed by atoms with Crippen molar-refractivity contribution in [3.05, 3.63) is 36.0 Å². The molecule has 3 fully saturated rings. The summed E-state index contributed by atoms with van der Waals surface area (Å²) in [6.45, 7) is 11.8. The fourth-order valence-electron chi connectivity index (χ4n) is 10.4. The molecule has 4 aliphatic rings. The summed E-state index contributed by atoms with van der Waals surface area (Å²) in [4.78, 5) is 71.4. The van der Waals surface area contributed by atoms with Crippen molar-refractivity contribution < 1.29 is 64.1 Å². The van der Waals surface area contributed by atoms with Crippen LogP contribution in [0.25, 0.3) is 0 Å². The summed E-state index contributed by atoms with van der Waals surface area (Å²) in [6, 6.07) is -1.17. The number of Topliss-reactive ketones (excluding diaryl/α,β-unsaturated/α-hetero) is 3. The van der Waals surface area contributed by atoms with Gasteiger partial charge in [-0.3, -0.25) is 19.2 Å². The molecule has 14 nitrogen and oxygen atoms in total. The number of esters is 1. The lowest BCUT2D eigenvalue weighted by molar-refractivity contribution is -0.265. The molecule has 16 atom stereocenters. The van der Waals surface area contributed by atoms with E-state index in [0.717, 1.165) is 4.90 Å². The number of ketones is 3. The van der Waals surface area contributed by atoms with Crippen molar-refractivity contribution in [2.75, 3.05) is 19.8 Å². The van der Waals surface area contributed by atoms with Gasteiger partial charge in [-0.15, -0.1) is 0 Å². The van der Waals surface area contributed by atoms with Gasteiger partial charge in [0.1, 0.15) is 23.7 Å². The smallest absolute Gasteiger partial charge is 0.329 e. The van der Waals surface area contributed by atoms with E-state index in [0.29, 0.717) is 63.4 Å².